The second kappa shape index (κ2) is 6.04. The lowest BCUT2D eigenvalue weighted by Gasteiger charge is -2.50. The van der Waals surface area contributed by atoms with Crippen molar-refractivity contribution in [3.63, 3.8) is 0 Å². The molecule has 1 heterocycles. The number of nitrogens with two attached hydrogens (primary N) is 1. The van der Waals surface area contributed by atoms with Crippen molar-refractivity contribution in [3.05, 3.63) is 35.9 Å². The third kappa shape index (κ3) is 3.56. The van der Waals surface area contributed by atoms with Gasteiger partial charge < -0.3 is 5.73 Å². The van der Waals surface area contributed by atoms with Crippen molar-refractivity contribution in [2.24, 2.45) is 5.73 Å². The summed E-state index contributed by atoms with van der Waals surface area (Å²) in [5.41, 5.74) is 7.41. The smallest absolute Gasteiger partial charge is 0.0278 e. The van der Waals surface area contributed by atoms with Crippen LogP contribution < -0.4 is 5.73 Å². The molecule has 1 aliphatic rings. The molecule has 0 spiro atoms. The molecule has 0 aliphatic carbocycles. The average Bonchev–Trinajstić information content (AvgIpc) is 2.37. The van der Waals surface area contributed by atoms with Gasteiger partial charge in [0.25, 0.3) is 0 Å². The molecule has 3 nitrogen and oxygen atoms in total. The number of benzene rings is 1. The van der Waals surface area contributed by atoms with Crippen LogP contribution in [0.15, 0.2) is 30.3 Å². The zero-order valence-electron chi connectivity index (χ0n) is 12.5. The van der Waals surface area contributed by atoms with Gasteiger partial charge in [0.1, 0.15) is 0 Å². The molecule has 1 aromatic carbocycles. The molecule has 19 heavy (non-hydrogen) atoms. The minimum atomic E-state index is 0.236. The molecular formula is C16H27N3. The maximum absolute atomic E-state index is 5.78. The lowest BCUT2D eigenvalue weighted by molar-refractivity contribution is -0.00780. The first-order valence-electron chi connectivity index (χ1n) is 7.22. The van der Waals surface area contributed by atoms with Crippen LogP contribution in [-0.2, 0) is 6.54 Å². The van der Waals surface area contributed by atoms with Crippen molar-refractivity contribution < 1.29 is 0 Å². The summed E-state index contributed by atoms with van der Waals surface area (Å²) in [7, 11) is 2.23. The predicted octanol–water partition coefficient (Wildman–Crippen LogP) is 1.93. The molecule has 0 amide bonds. The summed E-state index contributed by atoms with van der Waals surface area (Å²) >= 11 is 0. The van der Waals surface area contributed by atoms with Gasteiger partial charge in [-0.3, -0.25) is 9.80 Å². The van der Waals surface area contributed by atoms with Gasteiger partial charge in [-0.2, -0.15) is 0 Å². The maximum atomic E-state index is 5.78. The Bertz CT molecular complexity index is 388. The molecule has 1 unspecified atom stereocenters. The summed E-state index contributed by atoms with van der Waals surface area (Å²) in [6.07, 6.45) is 1.08. The van der Waals surface area contributed by atoms with Gasteiger partial charge in [-0.05, 0) is 39.4 Å². The Kier molecular flexibility index (Phi) is 4.61. The highest BCUT2D eigenvalue weighted by atomic mass is 15.3. The van der Waals surface area contributed by atoms with Gasteiger partial charge in [0, 0.05) is 31.2 Å². The number of nitrogens with zero attached hydrogens (tertiary/aromatic N) is 2. The van der Waals surface area contributed by atoms with Gasteiger partial charge in [-0.25, -0.2) is 0 Å². The van der Waals surface area contributed by atoms with Gasteiger partial charge in [-0.1, -0.05) is 30.3 Å². The standard InChI is InChI=1S/C16H27N3/c1-16(2)13-19(11-14-7-5-4-6-8-14)15(9-10-17)12-18(16)3/h4-8,15H,9-13,17H2,1-3H3. The molecule has 1 aromatic rings. The van der Waals surface area contributed by atoms with Crippen LogP contribution in [0.25, 0.3) is 0 Å². The van der Waals surface area contributed by atoms with E-state index in [2.05, 4.69) is 61.0 Å². The topological polar surface area (TPSA) is 32.5 Å². The van der Waals surface area contributed by atoms with Crippen molar-refractivity contribution in [1.82, 2.24) is 9.80 Å². The van der Waals surface area contributed by atoms with Crippen LogP contribution in [0, 0.1) is 0 Å². The maximum Gasteiger partial charge on any atom is 0.0278 e. The highest BCUT2D eigenvalue weighted by Gasteiger charge is 2.36. The van der Waals surface area contributed by atoms with E-state index in [4.69, 9.17) is 5.73 Å². The zero-order valence-corrected chi connectivity index (χ0v) is 12.5. The molecule has 2 N–H and O–H groups in total. The van der Waals surface area contributed by atoms with Crippen LogP contribution in [-0.4, -0.2) is 48.1 Å². The molecule has 1 fully saturated rings. The molecular weight excluding hydrogens is 234 g/mol. The van der Waals surface area contributed by atoms with E-state index in [1.807, 2.05) is 0 Å². The summed E-state index contributed by atoms with van der Waals surface area (Å²) in [6, 6.07) is 11.3. The highest BCUT2D eigenvalue weighted by Crippen LogP contribution is 2.25. The van der Waals surface area contributed by atoms with Crippen molar-refractivity contribution in [3.8, 4) is 0 Å². The van der Waals surface area contributed by atoms with Crippen LogP contribution in [0.3, 0.4) is 0 Å². The van der Waals surface area contributed by atoms with Crippen LogP contribution in [0.1, 0.15) is 25.8 Å². The average molecular weight is 261 g/mol. The molecule has 106 valence electrons. The molecule has 1 aliphatic heterocycles. The van der Waals surface area contributed by atoms with Gasteiger partial charge in [-0.15, -0.1) is 0 Å². The number of hydrogen-bond acceptors (Lipinski definition) is 3. The van der Waals surface area contributed by atoms with Crippen molar-refractivity contribution in [1.29, 1.82) is 0 Å². The Morgan fingerprint density at radius 2 is 1.95 bits per heavy atom. The summed E-state index contributed by atoms with van der Waals surface area (Å²) in [5, 5.41) is 0. The van der Waals surface area contributed by atoms with E-state index in [1.54, 1.807) is 0 Å². The van der Waals surface area contributed by atoms with Crippen LogP contribution in [0.4, 0.5) is 0 Å². The lowest BCUT2D eigenvalue weighted by Crippen LogP contribution is -2.61. The van der Waals surface area contributed by atoms with Crippen LogP contribution in [0.2, 0.25) is 0 Å². The third-order valence-electron chi connectivity index (χ3n) is 4.35. The molecule has 2 rings (SSSR count). The van der Waals surface area contributed by atoms with Crippen molar-refractivity contribution in [2.45, 2.75) is 38.4 Å². The van der Waals surface area contributed by atoms with E-state index < -0.39 is 0 Å². The first kappa shape index (κ1) is 14.5. The number of piperazine rings is 1. The summed E-state index contributed by atoms with van der Waals surface area (Å²) in [6.45, 7) is 8.65. The molecule has 0 aromatic heterocycles. The minimum Gasteiger partial charge on any atom is -0.330 e. The molecule has 0 saturated carbocycles. The van der Waals surface area contributed by atoms with Crippen LogP contribution in [0.5, 0.6) is 0 Å². The highest BCUT2D eigenvalue weighted by molar-refractivity contribution is 5.15. The Balaban J connectivity index is 2.10. The fourth-order valence-corrected chi connectivity index (χ4v) is 2.89. The van der Waals surface area contributed by atoms with E-state index in [0.29, 0.717) is 6.04 Å². The Morgan fingerprint density at radius 3 is 2.58 bits per heavy atom. The largest absolute Gasteiger partial charge is 0.330 e. The number of rotatable bonds is 4. The summed E-state index contributed by atoms with van der Waals surface area (Å²) in [4.78, 5) is 5.07. The van der Waals surface area contributed by atoms with E-state index in [0.717, 1.165) is 32.6 Å². The predicted molar refractivity (Wildman–Crippen MR) is 81.0 cm³/mol. The second-order valence-corrected chi connectivity index (χ2v) is 6.31. The first-order chi connectivity index (χ1) is 9.03. The van der Waals surface area contributed by atoms with E-state index in [1.165, 1.54) is 5.56 Å². The molecule has 1 atom stereocenters. The lowest BCUT2D eigenvalue weighted by atomic mass is 9.94. The summed E-state index contributed by atoms with van der Waals surface area (Å²) < 4.78 is 0. The molecule has 0 radical (unpaired) electrons. The third-order valence-corrected chi connectivity index (χ3v) is 4.35. The van der Waals surface area contributed by atoms with Gasteiger partial charge in [0.05, 0.1) is 0 Å². The fourth-order valence-electron chi connectivity index (χ4n) is 2.89. The monoisotopic (exact) mass is 261 g/mol. The first-order valence-corrected chi connectivity index (χ1v) is 7.22. The molecule has 0 bridgehead atoms. The Labute approximate surface area is 117 Å². The number of likely N-dealkylation sites (N-methyl/N-ethyl adjacent to an activating group) is 1. The fraction of sp³-hybridized carbons (Fsp3) is 0.625. The van der Waals surface area contributed by atoms with Crippen molar-refractivity contribution >= 4 is 0 Å². The van der Waals surface area contributed by atoms with Gasteiger partial charge >= 0.3 is 0 Å². The SMILES string of the molecule is CN1CC(CCN)N(Cc2ccccc2)CC1(C)C. The molecule has 3 heteroatoms. The normalized spacial score (nSPS) is 24.5. The number of hydrogen-bond donors (Lipinski definition) is 1. The van der Waals surface area contributed by atoms with Gasteiger partial charge in [0.2, 0.25) is 0 Å². The Hall–Kier alpha value is -0.900. The van der Waals surface area contributed by atoms with Crippen LogP contribution >= 0.6 is 0 Å². The minimum absolute atomic E-state index is 0.236. The Morgan fingerprint density at radius 1 is 1.26 bits per heavy atom. The van der Waals surface area contributed by atoms with Gasteiger partial charge in [0.15, 0.2) is 0 Å². The zero-order chi connectivity index (χ0) is 13.9. The van der Waals surface area contributed by atoms with E-state index in [-0.39, 0.29) is 5.54 Å². The van der Waals surface area contributed by atoms with E-state index >= 15 is 0 Å². The molecule has 1 saturated heterocycles. The second-order valence-electron chi connectivity index (χ2n) is 6.31. The quantitative estimate of drug-likeness (QED) is 0.899. The van der Waals surface area contributed by atoms with Crippen molar-refractivity contribution in [2.75, 3.05) is 26.7 Å². The summed E-state index contributed by atoms with van der Waals surface area (Å²) in [5.74, 6) is 0. The van der Waals surface area contributed by atoms with E-state index in [9.17, 15) is 0 Å².